The van der Waals surface area contributed by atoms with Crippen molar-refractivity contribution in [2.75, 3.05) is 0 Å². The standard InChI is InChI=1S/C20H17F3N4O/c21-20(22,23)17-8-6-15(7-9-17)12-27-13-18(25-26-27)11-16(19(24)28)10-14-4-2-1-3-5-14/h1-10,13H,11-12H2,(H2,24,28). The van der Waals surface area contributed by atoms with Crippen molar-refractivity contribution >= 4 is 12.0 Å². The van der Waals surface area contributed by atoms with E-state index in [1.807, 2.05) is 30.3 Å². The molecule has 0 aliphatic carbocycles. The van der Waals surface area contributed by atoms with Crippen LogP contribution in [0.5, 0.6) is 0 Å². The van der Waals surface area contributed by atoms with Crippen LogP contribution >= 0.6 is 0 Å². The van der Waals surface area contributed by atoms with Gasteiger partial charge in [0, 0.05) is 18.2 Å². The first-order chi connectivity index (χ1) is 13.3. The number of hydrogen-bond donors (Lipinski definition) is 1. The van der Waals surface area contributed by atoms with Crippen molar-refractivity contribution < 1.29 is 18.0 Å². The highest BCUT2D eigenvalue weighted by molar-refractivity contribution is 5.96. The minimum absolute atomic E-state index is 0.206. The Kier molecular flexibility index (Phi) is 5.58. The van der Waals surface area contributed by atoms with E-state index in [9.17, 15) is 18.0 Å². The first-order valence-electron chi connectivity index (χ1n) is 8.42. The molecule has 3 rings (SSSR count). The van der Waals surface area contributed by atoms with Gasteiger partial charge >= 0.3 is 6.18 Å². The first kappa shape index (κ1) is 19.3. The molecule has 0 bridgehead atoms. The summed E-state index contributed by atoms with van der Waals surface area (Å²) in [5.74, 6) is -0.554. The number of nitrogens with zero attached hydrogens (tertiary/aromatic N) is 3. The van der Waals surface area contributed by atoms with Crippen LogP contribution in [0.3, 0.4) is 0 Å². The Balaban J connectivity index is 1.71. The Hall–Kier alpha value is -3.42. The number of primary amides is 1. The van der Waals surface area contributed by atoms with Gasteiger partial charge in [0.1, 0.15) is 0 Å². The number of aromatic nitrogens is 3. The molecular weight excluding hydrogens is 369 g/mol. The lowest BCUT2D eigenvalue weighted by Crippen LogP contribution is -2.15. The van der Waals surface area contributed by atoms with E-state index in [1.165, 1.54) is 16.8 Å². The first-order valence-corrected chi connectivity index (χ1v) is 8.42. The van der Waals surface area contributed by atoms with E-state index in [1.54, 1.807) is 12.3 Å². The van der Waals surface area contributed by atoms with Crippen molar-refractivity contribution in [1.82, 2.24) is 15.0 Å². The number of alkyl halides is 3. The Labute approximate surface area is 159 Å². The van der Waals surface area contributed by atoms with Crippen molar-refractivity contribution in [3.05, 3.63) is 88.8 Å². The lowest BCUT2D eigenvalue weighted by molar-refractivity contribution is -0.137. The highest BCUT2D eigenvalue weighted by Crippen LogP contribution is 2.29. The molecule has 0 saturated carbocycles. The van der Waals surface area contributed by atoms with E-state index in [4.69, 9.17) is 5.73 Å². The van der Waals surface area contributed by atoms with Crippen LogP contribution in [0, 0.1) is 0 Å². The van der Waals surface area contributed by atoms with E-state index in [0.29, 0.717) is 16.8 Å². The number of carbonyl (C=O) groups excluding carboxylic acids is 1. The number of amides is 1. The highest BCUT2D eigenvalue weighted by Gasteiger charge is 2.29. The minimum atomic E-state index is -4.37. The summed E-state index contributed by atoms with van der Waals surface area (Å²) in [5.41, 5.74) is 7.17. The highest BCUT2D eigenvalue weighted by atomic mass is 19.4. The summed E-state index contributed by atoms with van der Waals surface area (Å²) in [6.07, 6.45) is -0.830. The lowest BCUT2D eigenvalue weighted by atomic mass is 10.1. The molecule has 5 nitrogen and oxygen atoms in total. The molecule has 0 unspecified atom stereocenters. The van der Waals surface area contributed by atoms with Crippen molar-refractivity contribution in [1.29, 1.82) is 0 Å². The zero-order chi connectivity index (χ0) is 20.1. The SMILES string of the molecule is NC(=O)C(=Cc1ccccc1)Cc1cn(Cc2ccc(C(F)(F)F)cc2)nn1. The van der Waals surface area contributed by atoms with Gasteiger partial charge in [0.2, 0.25) is 5.91 Å². The molecule has 1 aromatic heterocycles. The average Bonchev–Trinajstić information content (AvgIpc) is 3.08. The van der Waals surface area contributed by atoms with Crippen LogP contribution in [-0.2, 0) is 23.9 Å². The van der Waals surface area contributed by atoms with E-state index in [0.717, 1.165) is 17.7 Å². The topological polar surface area (TPSA) is 73.8 Å². The fourth-order valence-electron chi connectivity index (χ4n) is 2.64. The number of halogens is 3. The monoisotopic (exact) mass is 386 g/mol. The van der Waals surface area contributed by atoms with Crippen LogP contribution in [0.15, 0.2) is 66.4 Å². The third-order valence-electron chi connectivity index (χ3n) is 4.04. The van der Waals surface area contributed by atoms with Crippen LogP contribution in [0.4, 0.5) is 13.2 Å². The van der Waals surface area contributed by atoms with E-state index in [-0.39, 0.29) is 13.0 Å². The normalized spacial score (nSPS) is 12.2. The second kappa shape index (κ2) is 8.08. The molecular formula is C20H17F3N4O. The Morgan fingerprint density at radius 2 is 1.75 bits per heavy atom. The number of hydrogen-bond acceptors (Lipinski definition) is 3. The second-order valence-corrected chi connectivity index (χ2v) is 6.22. The summed E-state index contributed by atoms with van der Waals surface area (Å²) in [7, 11) is 0. The summed E-state index contributed by atoms with van der Waals surface area (Å²) in [4.78, 5) is 11.7. The van der Waals surface area contributed by atoms with Crippen molar-refractivity contribution in [3.63, 3.8) is 0 Å². The summed E-state index contributed by atoms with van der Waals surface area (Å²) in [6.45, 7) is 0.263. The third kappa shape index (κ3) is 5.06. The van der Waals surface area contributed by atoms with Crippen LogP contribution in [0.1, 0.15) is 22.4 Å². The summed E-state index contributed by atoms with van der Waals surface area (Å²) < 4.78 is 39.4. The van der Waals surface area contributed by atoms with Gasteiger partial charge in [-0.25, -0.2) is 4.68 Å². The van der Waals surface area contributed by atoms with Crippen molar-refractivity contribution in [2.45, 2.75) is 19.1 Å². The Morgan fingerprint density at radius 1 is 1.07 bits per heavy atom. The van der Waals surface area contributed by atoms with Gasteiger partial charge in [-0.05, 0) is 29.3 Å². The number of carbonyl (C=O) groups is 1. The van der Waals surface area contributed by atoms with E-state index < -0.39 is 17.6 Å². The predicted molar refractivity (Wildman–Crippen MR) is 97.9 cm³/mol. The van der Waals surface area contributed by atoms with Gasteiger partial charge in [0.25, 0.3) is 0 Å². The maximum absolute atomic E-state index is 12.6. The molecule has 0 aliphatic rings. The largest absolute Gasteiger partial charge is 0.416 e. The maximum atomic E-state index is 12.6. The molecule has 0 spiro atoms. The van der Waals surface area contributed by atoms with Gasteiger partial charge in [-0.2, -0.15) is 13.2 Å². The number of nitrogens with two attached hydrogens (primary N) is 1. The predicted octanol–water partition coefficient (Wildman–Crippen LogP) is 3.46. The van der Waals surface area contributed by atoms with Crippen molar-refractivity contribution in [3.8, 4) is 0 Å². The molecule has 0 aliphatic heterocycles. The van der Waals surface area contributed by atoms with Gasteiger partial charge < -0.3 is 5.73 Å². The molecule has 1 amide bonds. The van der Waals surface area contributed by atoms with Crippen LogP contribution < -0.4 is 5.73 Å². The fourth-order valence-corrected chi connectivity index (χ4v) is 2.64. The fraction of sp³-hybridized carbons (Fsp3) is 0.150. The number of benzene rings is 2. The molecule has 2 aromatic carbocycles. The molecule has 2 N–H and O–H groups in total. The van der Waals surface area contributed by atoms with E-state index in [2.05, 4.69) is 10.3 Å². The summed E-state index contributed by atoms with van der Waals surface area (Å²) in [6, 6.07) is 14.1. The Morgan fingerprint density at radius 3 is 2.36 bits per heavy atom. The van der Waals surface area contributed by atoms with Crippen LogP contribution in [0.2, 0.25) is 0 Å². The van der Waals surface area contributed by atoms with Gasteiger partial charge in [-0.3, -0.25) is 4.79 Å². The maximum Gasteiger partial charge on any atom is 0.416 e. The molecule has 3 aromatic rings. The number of rotatable bonds is 6. The molecule has 0 radical (unpaired) electrons. The lowest BCUT2D eigenvalue weighted by Gasteiger charge is -2.07. The Bertz CT molecular complexity index is 977. The van der Waals surface area contributed by atoms with Crippen LogP contribution in [-0.4, -0.2) is 20.9 Å². The van der Waals surface area contributed by atoms with Gasteiger partial charge in [-0.15, -0.1) is 5.10 Å². The molecule has 0 atom stereocenters. The van der Waals surface area contributed by atoms with Crippen LogP contribution in [0.25, 0.3) is 6.08 Å². The third-order valence-corrected chi connectivity index (χ3v) is 4.04. The summed E-state index contributed by atoms with van der Waals surface area (Å²) in [5, 5.41) is 7.98. The smallest absolute Gasteiger partial charge is 0.366 e. The molecule has 0 saturated heterocycles. The van der Waals surface area contributed by atoms with Gasteiger partial charge in [0.15, 0.2) is 0 Å². The van der Waals surface area contributed by atoms with Crippen molar-refractivity contribution in [2.24, 2.45) is 5.73 Å². The second-order valence-electron chi connectivity index (χ2n) is 6.22. The minimum Gasteiger partial charge on any atom is -0.366 e. The average molecular weight is 386 g/mol. The summed E-state index contributed by atoms with van der Waals surface area (Å²) >= 11 is 0. The zero-order valence-corrected chi connectivity index (χ0v) is 14.7. The molecule has 28 heavy (non-hydrogen) atoms. The molecule has 0 fully saturated rings. The van der Waals surface area contributed by atoms with Gasteiger partial charge in [0.05, 0.1) is 17.8 Å². The molecule has 144 valence electrons. The van der Waals surface area contributed by atoms with E-state index >= 15 is 0 Å². The van der Waals surface area contributed by atoms with Gasteiger partial charge in [-0.1, -0.05) is 47.7 Å². The molecule has 1 heterocycles. The molecule has 8 heteroatoms. The zero-order valence-electron chi connectivity index (χ0n) is 14.7. The quantitative estimate of drug-likeness (QED) is 0.660.